The summed E-state index contributed by atoms with van der Waals surface area (Å²) in [6.07, 6.45) is 0. The highest BCUT2D eigenvalue weighted by molar-refractivity contribution is 9.10. The largest absolute Gasteiger partial charge is 0.352 e. The summed E-state index contributed by atoms with van der Waals surface area (Å²) in [6, 6.07) is 24.7. The Labute approximate surface area is 160 Å². The predicted octanol–water partition coefficient (Wildman–Crippen LogP) is 5.66. The lowest BCUT2D eigenvalue weighted by molar-refractivity contribution is 0.631. The number of hydrogen-bond acceptors (Lipinski definition) is 1. The van der Waals surface area contributed by atoms with Gasteiger partial charge in [0.2, 0.25) is 0 Å². The highest BCUT2D eigenvalue weighted by Gasteiger charge is 2.15. The van der Waals surface area contributed by atoms with Gasteiger partial charge < -0.3 is 10.6 Å². The van der Waals surface area contributed by atoms with Gasteiger partial charge in [-0.2, -0.15) is 0 Å². The molecule has 2 N–H and O–H groups in total. The van der Waals surface area contributed by atoms with E-state index in [1.165, 1.54) is 6.07 Å². The first-order valence-electron chi connectivity index (χ1n) is 7.76. The van der Waals surface area contributed by atoms with Crippen molar-refractivity contribution in [3.05, 3.63) is 100 Å². The Morgan fingerprint density at radius 1 is 0.880 bits per heavy atom. The second-order valence-electron chi connectivity index (χ2n) is 5.48. The minimum absolute atomic E-state index is 0.124. The van der Waals surface area contributed by atoms with E-state index >= 15 is 0 Å². The van der Waals surface area contributed by atoms with Crippen molar-refractivity contribution in [2.75, 3.05) is 5.32 Å². The van der Waals surface area contributed by atoms with Crippen molar-refractivity contribution in [1.29, 1.82) is 0 Å². The third kappa shape index (κ3) is 4.65. The maximum atomic E-state index is 14.0. The van der Waals surface area contributed by atoms with E-state index in [4.69, 9.17) is 12.2 Å². The number of thiocarbonyl (C=S) groups is 1. The Kier molecular flexibility index (Phi) is 5.79. The van der Waals surface area contributed by atoms with Crippen molar-refractivity contribution in [3.8, 4) is 0 Å². The fraction of sp³-hybridized carbons (Fsp3) is 0.0500. The molecule has 3 rings (SSSR count). The van der Waals surface area contributed by atoms with Gasteiger partial charge in [-0.3, -0.25) is 0 Å². The van der Waals surface area contributed by atoms with Gasteiger partial charge in [-0.1, -0.05) is 76.6 Å². The fourth-order valence-corrected chi connectivity index (χ4v) is 3.09. The normalized spacial score (nSPS) is 10.5. The van der Waals surface area contributed by atoms with Gasteiger partial charge in [-0.05, 0) is 41.5 Å². The molecular weight excluding hydrogens is 399 g/mol. The Balaban J connectivity index is 1.82. The zero-order chi connectivity index (χ0) is 17.6. The van der Waals surface area contributed by atoms with Crippen LogP contribution in [0.1, 0.15) is 17.2 Å². The first kappa shape index (κ1) is 17.6. The smallest absolute Gasteiger partial charge is 0.171 e. The third-order valence-electron chi connectivity index (χ3n) is 3.72. The standard InChI is InChI=1S/C20H16BrFN2S/c21-16-11-12-18(17(22)13-16)23-20(25)24-19(14-7-3-1-4-8-14)15-9-5-2-6-10-15/h1-13,19H,(H2,23,24,25). The number of rotatable bonds is 4. The van der Waals surface area contributed by atoms with Gasteiger partial charge in [0.15, 0.2) is 5.11 Å². The van der Waals surface area contributed by atoms with Gasteiger partial charge in [0.25, 0.3) is 0 Å². The molecule has 0 aliphatic heterocycles. The molecular formula is C20H16BrFN2S. The van der Waals surface area contributed by atoms with Crippen LogP contribution in [0.5, 0.6) is 0 Å². The van der Waals surface area contributed by atoms with Crippen molar-refractivity contribution in [2.24, 2.45) is 0 Å². The van der Waals surface area contributed by atoms with Gasteiger partial charge in [-0.25, -0.2) is 4.39 Å². The van der Waals surface area contributed by atoms with E-state index in [1.54, 1.807) is 12.1 Å². The van der Waals surface area contributed by atoms with Crippen molar-refractivity contribution >= 4 is 38.9 Å². The summed E-state index contributed by atoms with van der Waals surface area (Å²) >= 11 is 8.65. The molecule has 0 atom stereocenters. The Morgan fingerprint density at radius 2 is 1.44 bits per heavy atom. The lowest BCUT2D eigenvalue weighted by atomic mass is 9.99. The molecule has 0 fully saturated rings. The average Bonchev–Trinajstić information content (AvgIpc) is 2.63. The Hall–Kier alpha value is -2.24. The van der Waals surface area contributed by atoms with Crippen LogP contribution < -0.4 is 10.6 Å². The lowest BCUT2D eigenvalue weighted by Gasteiger charge is -2.22. The summed E-state index contributed by atoms with van der Waals surface area (Å²) < 4.78 is 14.7. The molecule has 0 saturated carbocycles. The van der Waals surface area contributed by atoms with E-state index in [0.29, 0.717) is 15.3 Å². The SMILES string of the molecule is Fc1cc(Br)ccc1NC(=S)NC(c1ccccc1)c1ccccc1. The molecule has 3 aromatic rings. The summed E-state index contributed by atoms with van der Waals surface area (Å²) in [4.78, 5) is 0. The van der Waals surface area contributed by atoms with E-state index in [-0.39, 0.29) is 11.9 Å². The average molecular weight is 415 g/mol. The molecule has 0 unspecified atom stereocenters. The molecule has 25 heavy (non-hydrogen) atoms. The summed E-state index contributed by atoms with van der Waals surface area (Å²) in [5.74, 6) is -0.366. The van der Waals surface area contributed by atoms with Gasteiger partial charge in [0, 0.05) is 4.47 Å². The van der Waals surface area contributed by atoms with Gasteiger partial charge in [0.1, 0.15) is 5.82 Å². The van der Waals surface area contributed by atoms with Gasteiger partial charge in [-0.15, -0.1) is 0 Å². The Bertz CT molecular complexity index is 817. The summed E-state index contributed by atoms with van der Waals surface area (Å²) in [6.45, 7) is 0. The lowest BCUT2D eigenvalue weighted by Crippen LogP contribution is -2.33. The second-order valence-corrected chi connectivity index (χ2v) is 6.80. The van der Waals surface area contributed by atoms with Gasteiger partial charge >= 0.3 is 0 Å². The Morgan fingerprint density at radius 3 is 1.96 bits per heavy atom. The summed E-state index contributed by atoms with van der Waals surface area (Å²) in [7, 11) is 0. The quantitative estimate of drug-likeness (QED) is 0.538. The van der Waals surface area contributed by atoms with Crippen molar-refractivity contribution < 1.29 is 4.39 Å². The maximum absolute atomic E-state index is 14.0. The van der Waals surface area contributed by atoms with Crippen LogP contribution in [0.2, 0.25) is 0 Å². The molecule has 3 aromatic carbocycles. The monoisotopic (exact) mass is 414 g/mol. The molecule has 0 radical (unpaired) electrons. The van der Waals surface area contributed by atoms with E-state index in [2.05, 4.69) is 26.6 Å². The van der Waals surface area contributed by atoms with Crippen LogP contribution in [-0.2, 0) is 0 Å². The molecule has 0 aliphatic carbocycles. The molecule has 126 valence electrons. The van der Waals surface area contributed by atoms with Crippen molar-refractivity contribution in [3.63, 3.8) is 0 Å². The van der Waals surface area contributed by atoms with E-state index in [0.717, 1.165) is 11.1 Å². The molecule has 0 saturated heterocycles. The number of hydrogen-bond donors (Lipinski definition) is 2. The van der Waals surface area contributed by atoms with E-state index in [1.807, 2.05) is 60.7 Å². The van der Waals surface area contributed by atoms with Crippen molar-refractivity contribution in [2.45, 2.75) is 6.04 Å². The minimum atomic E-state index is -0.366. The van der Waals surface area contributed by atoms with Crippen LogP contribution in [0, 0.1) is 5.82 Å². The first-order valence-corrected chi connectivity index (χ1v) is 8.96. The molecule has 0 aliphatic rings. The highest BCUT2D eigenvalue weighted by Crippen LogP contribution is 2.23. The van der Waals surface area contributed by atoms with Crippen LogP contribution in [0.4, 0.5) is 10.1 Å². The summed E-state index contributed by atoms with van der Waals surface area (Å²) in [5, 5.41) is 6.57. The molecule has 0 bridgehead atoms. The van der Waals surface area contributed by atoms with Crippen molar-refractivity contribution in [1.82, 2.24) is 5.32 Å². The maximum Gasteiger partial charge on any atom is 0.171 e. The van der Waals surface area contributed by atoms with Crippen LogP contribution >= 0.6 is 28.1 Å². The van der Waals surface area contributed by atoms with E-state index < -0.39 is 0 Å². The van der Waals surface area contributed by atoms with Gasteiger partial charge in [0.05, 0.1) is 11.7 Å². The molecule has 0 aromatic heterocycles. The first-order chi connectivity index (χ1) is 12.1. The fourth-order valence-electron chi connectivity index (χ4n) is 2.53. The van der Waals surface area contributed by atoms with Crippen LogP contribution in [-0.4, -0.2) is 5.11 Å². The van der Waals surface area contributed by atoms with Crippen LogP contribution in [0.15, 0.2) is 83.3 Å². The molecule has 0 heterocycles. The summed E-state index contributed by atoms with van der Waals surface area (Å²) in [5.41, 5.74) is 2.49. The zero-order valence-corrected chi connectivity index (χ0v) is 15.6. The second kappa shape index (κ2) is 8.23. The van der Waals surface area contributed by atoms with E-state index in [9.17, 15) is 4.39 Å². The number of nitrogens with one attached hydrogen (secondary N) is 2. The predicted molar refractivity (Wildman–Crippen MR) is 108 cm³/mol. The number of halogens is 2. The highest BCUT2D eigenvalue weighted by atomic mass is 79.9. The molecule has 0 amide bonds. The molecule has 5 heteroatoms. The van der Waals surface area contributed by atoms with Crippen LogP contribution in [0.3, 0.4) is 0 Å². The van der Waals surface area contributed by atoms with Crippen LogP contribution in [0.25, 0.3) is 0 Å². The topological polar surface area (TPSA) is 24.1 Å². The third-order valence-corrected chi connectivity index (χ3v) is 4.43. The number of benzene rings is 3. The molecule has 2 nitrogen and oxygen atoms in total. The minimum Gasteiger partial charge on any atom is -0.352 e. The molecule has 0 spiro atoms. The number of anilines is 1. The zero-order valence-electron chi connectivity index (χ0n) is 13.2.